The van der Waals surface area contributed by atoms with E-state index in [1.165, 1.54) is 12.8 Å². The molecule has 7 heteroatoms. The first-order chi connectivity index (χ1) is 9.52. The minimum absolute atomic E-state index is 0.274. The number of oxazole rings is 1. The summed E-state index contributed by atoms with van der Waals surface area (Å²) in [7, 11) is 0. The molecule has 0 spiro atoms. The zero-order valence-electron chi connectivity index (χ0n) is 10.9. The number of benzene rings is 1. The molecule has 20 heavy (non-hydrogen) atoms. The van der Waals surface area contributed by atoms with Gasteiger partial charge in [-0.15, -0.1) is 11.8 Å². The highest BCUT2D eigenvalue weighted by Crippen LogP contribution is 2.43. The van der Waals surface area contributed by atoms with Gasteiger partial charge in [0.05, 0.1) is 5.02 Å². The fraction of sp³-hybridized carbons (Fsp3) is 0.385. The van der Waals surface area contributed by atoms with Crippen molar-refractivity contribution in [3.8, 4) is 0 Å². The lowest BCUT2D eigenvalue weighted by molar-refractivity contribution is -0.118. The number of thioether (sulfide) groups is 1. The number of amides is 1. The van der Waals surface area contributed by atoms with Crippen LogP contribution in [0.25, 0.3) is 11.1 Å². The number of carbonyl (C=O) groups is 1. The van der Waals surface area contributed by atoms with E-state index in [4.69, 9.17) is 21.8 Å². The van der Waals surface area contributed by atoms with Crippen LogP contribution in [0.3, 0.4) is 0 Å². The summed E-state index contributed by atoms with van der Waals surface area (Å²) in [6, 6.07) is 3.41. The second-order valence-corrected chi connectivity index (χ2v) is 6.60. The van der Waals surface area contributed by atoms with E-state index in [2.05, 4.69) is 10.3 Å². The molecule has 1 aromatic carbocycles. The number of anilines is 1. The maximum atomic E-state index is 11.0. The van der Waals surface area contributed by atoms with Crippen LogP contribution < -0.4 is 11.1 Å². The molecular formula is C13H14ClN3O2S. The molecule has 106 valence electrons. The number of hydrogen-bond acceptors (Lipinski definition) is 5. The molecule has 1 heterocycles. The molecule has 1 amide bonds. The van der Waals surface area contributed by atoms with Gasteiger partial charge < -0.3 is 15.5 Å². The lowest BCUT2D eigenvalue weighted by Crippen LogP contribution is -2.32. The van der Waals surface area contributed by atoms with Gasteiger partial charge in [0.15, 0.2) is 5.58 Å². The SMILES string of the molecule is C[C@H](Nc1nc2cc(Cl)c(SC3CC3)cc2o1)C(N)=O. The largest absolute Gasteiger partial charge is 0.424 e. The molecule has 1 fully saturated rings. The molecule has 5 nitrogen and oxygen atoms in total. The van der Waals surface area contributed by atoms with Crippen LogP contribution in [0, 0.1) is 0 Å². The Morgan fingerprint density at radius 3 is 3.00 bits per heavy atom. The van der Waals surface area contributed by atoms with Gasteiger partial charge in [-0.25, -0.2) is 0 Å². The standard InChI is InChI=1S/C13H14ClN3O2S/c1-6(12(15)18)16-13-17-9-4-8(14)11(5-10(9)19-13)20-7-2-3-7/h4-7H,2-3H2,1H3,(H2,15,18)(H,16,17)/t6-/m0/s1. The van der Waals surface area contributed by atoms with Crippen molar-refractivity contribution in [1.82, 2.24) is 4.98 Å². The van der Waals surface area contributed by atoms with Crippen LogP contribution in [0.1, 0.15) is 19.8 Å². The average molecular weight is 312 g/mol. The second kappa shape index (κ2) is 5.18. The molecule has 0 saturated heterocycles. The summed E-state index contributed by atoms with van der Waals surface area (Å²) in [6.45, 7) is 1.65. The third-order valence-electron chi connectivity index (χ3n) is 3.03. The molecule has 0 bridgehead atoms. The number of nitrogens with zero attached hydrogens (tertiary/aromatic N) is 1. The Morgan fingerprint density at radius 2 is 2.35 bits per heavy atom. The first-order valence-corrected chi connectivity index (χ1v) is 7.61. The smallest absolute Gasteiger partial charge is 0.296 e. The first-order valence-electron chi connectivity index (χ1n) is 6.35. The number of nitrogens with one attached hydrogen (secondary N) is 1. The van der Waals surface area contributed by atoms with Gasteiger partial charge in [-0.2, -0.15) is 4.98 Å². The Labute approximate surface area is 125 Å². The predicted molar refractivity (Wildman–Crippen MR) is 80.2 cm³/mol. The third kappa shape index (κ3) is 2.86. The molecule has 0 radical (unpaired) electrons. The Hall–Kier alpha value is -1.40. The molecular weight excluding hydrogens is 298 g/mol. The lowest BCUT2D eigenvalue weighted by atomic mass is 10.3. The molecule has 3 rings (SSSR count). The summed E-state index contributed by atoms with van der Waals surface area (Å²) in [5.41, 5.74) is 6.50. The molecule has 0 unspecified atom stereocenters. The highest BCUT2D eigenvalue weighted by Gasteiger charge is 2.24. The van der Waals surface area contributed by atoms with E-state index in [0.717, 1.165) is 4.90 Å². The lowest BCUT2D eigenvalue weighted by Gasteiger charge is -2.05. The number of aromatic nitrogens is 1. The second-order valence-electron chi connectivity index (χ2n) is 4.85. The molecule has 0 aliphatic heterocycles. The van der Waals surface area contributed by atoms with Gasteiger partial charge in [0.2, 0.25) is 5.91 Å². The van der Waals surface area contributed by atoms with Gasteiger partial charge in [0, 0.05) is 10.1 Å². The van der Waals surface area contributed by atoms with Crippen molar-refractivity contribution in [1.29, 1.82) is 0 Å². The van der Waals surface area contributed by atoms with Crippen LogP contribution in [0.4, 0.5) is 6.01 Å². The number of rotatable bonds is 5. The number of fused-ring (bicyclic) bond motifs is 1. The maximum Gasteiger partial charge on any atom is 0.296 e. The maximum absolute atomic E-state index is 11.0. The number of primary amides is 1. The highest BCUT2D eigenvalue weighted by molar-refractivity contribution is 8.00. The van der Waals surface area contributed by atoms with Crippen molar-refractivity contribution in [3.63, 3.8) is 0 Å². The van der Waals surface area contributed by atoms with Gasteiger partial charge in [0.1, 0.15) is 11.6 Å². The van der Waals surface area contributed by atoms with E-state index < -0.39 is 11.9 Å². The molecule has 1 aliphatic rings. The van der Waals surface area contributed by atoms with E-state index >= 15 is 0 Å². The van der Waals surface area contributed by atoms with Crippen LogP contribution in [0.5, 0.6) is 0 Å². The molecule has 2 aromatic rings. The molecule has 3 N–H and O–H groups in total. The molecule has 1 aliphatic carbocycles. The van der Waals surface area contributed by atoms with Crippen molar-refractivity contribution in [2.45, 2.75) is 36.0 Å². The Balaban J connectivity index is 1.87. The third-order valence-corrected chi connectivity index (χ3v) is 4.85. The van der Waals surface area contributed by atoms with E-state index in [9.17, 15) is 4.79 Å². The summed E-state index contributed by atoms with van der Waals surface area (Å²) in [5, 5.41) is 4.17. The predicted octanol–water partition coefficient (Wildman–Crippen LogP) is 3.02. The van der Waals surface area contributed by atoms with Crippen molar-refractivity contribution in [2.24, 2.45) is 5.73 Å². The quantitative estimate of drug-likeness (QED) is 0.887. The monoisotopic (exact) mass is 311 g/mol. The molecule has 1 atom stereocenters. The van der Waals surface area contributed by atoms with Gasteiger partial charge in [0.25, 0.3) is 6.01 Å². The van der Waals surface area contributed by atoms with Crippen LogP contribution >= 0.6 is 23.4 Å². The van der Waals surface area contributed by atoms with Gasteiger partial charge >= 0.3 is 0 Å². The normalized spacial score (nSPS) is 16.3. The number of nitrogens with two attached hydrogens (primary N) is 1. The van der Waals surface area contributed by atoms with E-state index in [-0.39, 0.29) is 6.01 Å². The molecule has 1 aromatic heterocycles. The Kier molecular flexibility index (Phi) is 3.52. The van der Waals surface area contributed by atoms with Crippen LogP contribution in [-0.4, -0.2) is 22.2 Å². The number of halogens is 1. The van der Waals surface area contributed by atoms with Crippen LogP contribution in [-0.2, 0) is 4.79 Å². The first kappa shape index (κ1) is 13.6. The minimum atomic E-state index is -0.543. The van der Waals surface area contributed by atoms with Gasteiger partial charge in [-0.05, 0) is 31.9 Å². The van der Waals surface area contributed by atoms with Crippen molar-refractivity contribution >= 4 is 46.4 Å². The van der Waals surface area contributed by atoms with Crippen molar-refractivity contribution in [3.05, 3.63) is 17.2 Å². The van der Waals surface area contributed by atoms with Crippen molar-refractivity contribution in [2.75, 3.05) is 5.32 Å². The van der Waals surface area contributed by atoms with Crippen LogP contribution in [0.2, 0.25) is 5.02 Å². The number of hydrogen-bond donors (Lipinski definition) is 2. The fourth-order valence-electron chi connectivity index (χ4n) is 1.70. The fourth-order valence-corrected chi connectivity index (χ4v) is 3.07. The summed E-state index contributed by atoms with van der Waals surface area (Å²) >= 11 is 8.01. The Bertz CT molecular complexity index is 669. The number of carbonyl (C=O) groups excluding carboxylic acids is 1. The summed E-state index contributed by atoms with van der Waals surface area (Å²) in [6.07, 6.45) is 2.47. The van der Waals surface area contributed by atoms with E-state index in [0.29, 0.717) is 21.4 Å². The summed E-state index contributed by atoms with van der Waals surface area (Å²) < 4.78 is 5.58. The zero-order chi connectivity index (χ0) is 14.3. The van der Waals surface area contributed by atoms with Gasteiger partial charge in [-0.1, -0.05) is 11.6 Å². The molecule has 1 saturated carbocycles. The van der Waals surface area contributed by atoms with Gasteiger partial charge in [-0.3, -0.25) is 4.79 Å². The van der Waals surface area contributed by atoms with E-state index in [1.54, 1.807) is 24.8 Å². The van der Waals surface area contributed by atoms with E-state index in [1.807, 2.05) is 6.07 Å². The minimum Gasteiger partial charge on any atom is -0.424 e. The Morgan fingerprint density at radius 1 is 1.60 bits per heavy atom. The summed E-state index contributed by atoms with van der Waals surface area (Å²) in [5.74, 6) is -0.463. The van der Waals surface area contributed by atoms with Crippen LogP contribution in [0.15, 0.2) is 21.4 Å². The topological polar surface area (TPSA) is 81.2 Å². The zero-order valence-corrected chi connectivity index (χ0v) is 12.4. The highest BCUT2D eigenvalue weighted by atomic mass is 35.5. The summed E-state index contributed by atoms with van der Waals surface area (Å²) in [4.78, 5) is 16.3. The van der Waals surface area contributed by atoms with Crippen molar-refractivity contribution < 1.29 is 9.21 Å². The average Bonchev–Trinajstić information content (AvgIpc) is 3.10.